The van der Waals surface area contributed by atoms with Crippen molar-refractivity contribution in [3.8, 4) is 0 Å². The van der Waals surface area contributed by atoms with E-state index in [2.05, 4.69) is 17.2 Å². The molecule has 3 fully saturated rings. The highest BCUT2D eigenvalue weighted by molar-refractivity contribution is 5.99. The third kappa shape index (κ3) is 3.50. The molecule has 2 heterocycles. The summed E-state index contributed by atoms with van der Waals surface area (Å²) in [4.78, 5) is 24.2. The molecular weight excluding hydrogens is 284 g/mol. The van der Waals surface area contributed by atoms with Gasteiger partial charge in [-0.3, -0.25) is 9.59 Å². The first-order chi connectivity index (χ1) is 10.7. The smallest absolute Gasteiger partial charge is 0.228 e. The van der Waals surface area contributed by atoms with E-state index in [0.717, 1.165) is 38.9 Å². The second-order valence-corrected chi connectivity index (χ2v) is 6.29. The lowest BCUT2D eigenvalue weighted by atomic mass is 10.2. The Bertz CT molecular complexity index is 413. The van der Waals surface area contributed by atoms with E-state index in [-0.39, 0.29) is 35.9 Å². The van der Waals surface area contributed by atoms with Crippen molar-refractivity contribution in [2.24, 2.45) is 11.8 Å². The van der Waals surface area contributed by atoms with Gasteiger partial charge in [-0.05, 0) is 25.7 Å². The van der Waals surface area contributed by atoms with Crippen LogP contribution in [0.1, 0.15) is 25.7 Å². The first-order valence-corrected chi connectivity index (χ1v) is 8.14. The van der Waals surface area contributed by atoms with Gasteiger partial charge in [-0.1, -0.05) is 12.2 Å². The van der Waals surface area contributed by atoms with Crippen molar-refractivity contribution in [2.75, 3.05) is 26.3 Å². The Morgan fingerprint density at radius 1 is 0.955 bits per heavy atom. The zero-order valence-electron chi connectivity index (χ0n) is 12.8. The number of rotatable bonds is 6. The zero-order chi connectivity index (χ0) is 15.5. The summed E-state index contributed by atoms with van der Waals surface area (Å²) in [5.41, 5.74) is 0.703. The average molecular weight is 308 g/mol. The van der Waals surface area contributed by atoms with Crippen LogP contribution in [0.25, 0.3) is 0 Å². The molecule has 6 heteroatoms. The second kappa shape index (κ2) is 6.79. The molecule has 122 valence electrons. The van der Waals surface area contributed by atoms with Crippen LogP contribution in [0.5, 0.6) is 0 Å². The average Bonchev–Trinajstić information content (AvgIpc) is 2.98. The predicted octanol–water partition coefficient (Wildman–Crippen LogP) is 0.379. The van der Waals surface area contributed by atoms with Crippen LogP contribution in [-0.4, -0.2) is 50.3 Å². The van der Waals surface area contributed by atoms with Gasteiger partial charge in [0.25, 0.3) is 0 Å². The molecule has 0 unspecified atom stereocenters. The van der Waals surface area contributed by atoms with Crippen molar-refractivity contribution in [3.63, 3.8) is 0 Å². The quantitative estimate of drug-likeness (QED) is 0.696. The van der Waals surface area contributed by atoms with Gasteiger partial charge in [0.2, 0.25) is 11.8 Å². The summed E-state index contributed by atoms with van der Waals surface area (Å²) < 4.78 is 10.9. The minimum atomic E-state index is -0.383. The molecule has 1 aliphatic carbocycles. The number of carbonyl (C=O) groups is 2. The molecule has 0 aromatic rings. The molecule has 0 radical (unpaired) electrons. The Hall–Kier alpha value is -1.40. The highest BCUT2D eigenvalue weighted by atomic mass is 16.5. The van der Waals surface area contributed by atoms with E-state index in [1.807, 2.05) is 0 Å². The lowest BCUT2D eigenvalue weighted by Gasteiger charge is -2.11. The van der Waals surface area contributed by atoms with Crippen molar-refractivity contribution < 1.29 is 19.1 Å². The summed E-state index contributed by atoms with van der Waals surface area (Å²) >= 11 is 0. The van der Waals surface area contributed by atoms with E-state index in [1.54, 1.807) is 0 Å². The van der Waals surface area contributed by atoms with Gasteiger partial charge in [-0.2, -0.15) is 0 Å². The number of carbonyl (C=O) groups excluding carboxylic acids is 2. The summed E-state index contributed by atoms with van der Waals surface area (Å²) in [7, 11) is 0. The van der Waals surface area contributed by atoms with Crippen LogP contribution in [0, 0.1) is 11.8 Å². The number of hydrogen-bond donors (Lipinski definition) is 2. The molecule has 0 spiro atoms. The zero-order valence-corrected chi connectivity index (χ0v) is 12.8. The lowest BCUT2D eigenvalue weighted by molar-refractivity contribution is -0.127. The second-order valence-electron chi connectivity index (χ2n) is 6.29. The number of hydrogen-bond acceptors (Lipinski definition) is 4. The van der Waals surface area contributed by atoms with E-state index < -0.39 is 0 Å². The normalized spacial score (nSPS) is 33.7. The maximum absolute atomic E-state index is 12.1. The van der Waals surface area contributed by atoms with E-state index >= 15 is 0 Å². The van der Waals surface area contributed by atoms with Gasteiger partial charge in [-0.15, -0.1) is 0 Å². The van der Waals surface area contributed by atoms with Gasteiger partial charge in [-0.25, -0.2) is 0 Å². The van der Waals surface area contributed by atoms with Crippen molar-refractivity contribution in [2.45, 2.75) is 37.9 Å². The molecule has 6 nitrogen and oxygen atoms in total. The van der Waals surface area contributed by atoms with Gasteiger partial charge in [0.15, 0.2) is 0 Å². The van der Waals surface area contributed by atoms with Crippen LogP contribution >= 0.6 is 0 Å². The fourth-order valence-electron chi connectivity index (χ4n) is 3.21. The molecule has 0 aromatic carbocycles. The number of amides is 2. The van der Waals surface area contributed by atoms with Crippen LogP contribution in [0.15, 0.2) is 12.2 Å². The van der Waals surface area contributed by atoms with Crippen molar-refractivity contribution in [1.82, 2.24) is 10.6 Å². The standard InChI is InChI=1S/C16H24N2O4/c1-10-13(15(19)17-8-11-4-2-6-21-11)14(10)16(20)18-9-12-5-3-7-22-12/h11-14H,1-9H2,(H,17,19)(H,18,20)/t11-,12-,13-,14-/m0/s1. The van der Waals surface area contributed by atoms with Crippen LogP contribution in [0.3, 0.4) is 0 Å². The van der Waals surface area contributed by atoms with Crippen molar-refractivity contribution in [1.29, 1.82) is 0 Å². The molecule has 3 rings (SSSR count). The summed E-state index contributed by atoms with van der Waals surface area (Å²) in [6, 6.07) is 0. The van der Waals surface area contributed by atoms with Gasteiger partial charge >= 0.3 is 0 Å². The molecule has 1 saturated carbocycles. The van der Waals surface area contributed by atoms with Crippen LogP contribution in [0.2, 0.25) is 0 Å². The molecule has 0 bridgehead atoms. The van der Waals surface area contributed by atoms with E-state index in [0.29, 0.717) is 18.7 Å². The molecule has 3 aliphatic rings. The van der Waals surface area contributed by atoms with Gasteiger partial charge in [0.05, 0.1) is 24.0 Å². The minimum absolute atomic E-state index is 0.113. The van der Waals surface area contributed by atoms with E-state index in [4.69, 9.17) is 9.47 Å². The fraction of sp³-hybridized carbons (Fsp3) is 0.750. The largest absolute Gasteiger partial charge is 0.376 e. The third-order valence-electron chi connectivity index (χ3n) is 4.64. The predicted molar refractivity (Wildman–Crippen MR) is 80.1 cm³/mol. The number of ether oxygens (including phenoxy) is 2. The van der Waals surface area contributed by atoms with Gasteiger partial charge in [0.1, 0.15) is 0 Å². The number of nitrogens with one attached hydrogen (secondary N) is 2. The summed E-state index contributed by atoms with van der Waals surface area (Å²) in [5.74, 6) is -0.993. The molecule has 22 heavy (non-hydrogen) atoms. The molecule has 2 saturated heterocycles. The fourth-order valence-corrected chi connectivity index (χ4v) is 3.21. The Morgan fingerprint density at radius 2 is 1.41 bits per heavy atom. The van der Waals surface area contributed by atoms with Crippen LogP contribution in [0.4, 0.5) is 0 Å². The monoisotopic (exact) mass is 308 g/mol. The van der Waals surface area contributed by atoms with Crippen molar-refractivity contribution >= 4 is 11.8 Å². The molecule has 2 amide bonds. The topological polar surface area (TPSA) is 76.7 Å². The van der Waals surface area contributed by atoms with Gasteiger partial charge in [0, 0.05) is 26.3 Å². The molecule has 0 aromatic heterocycles. The highest BCUT2D eigenvalue weighted by Crippen LogP contribution is 2.44. The minimum Gasteiger partial charge on any atom is -0.376 e. The summed E-state index contributed by atoms with van der Waals surface area (Å²) in [5, 5.41) is 5.74. The first kappa shape index (κ1) is 15.5. The molecule has 2 N–H and O–H groups in total. The van der Waals surface area contributed by atoms with Crippen LogP contribution in [-0.2, 0) is 19.1 Å². The SMILES string of the molecule is C=C1[C@H](C(=O)NC[C@@H]2CCCO2)[C@H]1C(=O)NC[C@@H]1CCCO1. The highest BCUT2D eigenvalue weighted by Gasteiger charge is 2.52. The maximum Gasteiger partial charge on any atom is 0.228 e. The van der Waals surface area contributed by atoms with Crippen molar-refractivity contribution in [3.05, 3.63) is 12.2 Å². The third-order valence-corrected chi connectivity index (χ3v) is 4.64. The maximum atomic E-state index is 12.1. The van der Waals surface area contributed by atoms with Gasteiger partial charge < -0.3 is 20.1 Å². The Kier molecular flexibility index (Phi) is 4.78. The summed E-state index contributed by atoms with van der Waals surface area (Å²) in [6.45, 7) is 6.43. The Balaban J connectivity index is 1.39. The Labute approximate surface area is 130 Å². The Morgan fingerprint density at radius 3 is 1.77 bits per heavy atom. The lowest BCUT2D eigenvalue weighted by Crippen LogP contribution is -2.36. The first-order valence-electron chi connectivity index (χ1n) is 8.14. The molecule has 2 aliphatic heterocycles. The van der Waals surface area contributed by atoms with E-state index in [9.17, 15) is 9.59 Å². The van der Waals surface area contributed by atoms with Crippen LogP contribution < -0.4 is 10.6 Å². The molecule has 4 atom stereocenters. The van der Waals surface area contributed by atoms with E-state index in [1.165, 1.54) is 0 Å². The summed E-state index contributed by atoms with van der Waals surface area (Å²) in [6.07, 6.45) is 4.29. The molecular formula is C16H24N2O4.